The summed E-state index contributed by atoms with van der Waals surface area (Å²) in [6, 6.07) is 29.3. The maximum absolute atomic E-state index is 12.7. The number of carbonyl (C=O) groups excluding carboxylic acids is 6. The molecule has 2 heterocycles. The highest BCUT2D eigenvalue weighted by Gasteiger charge is 2.33. The van der Waals surface area contributed by atoms with Crippen LogP contribution in [0.1, 0.15) is 61.8 Å². The van der Waals surface area contributed by atoms with Gasteiger partial charge >= 0.3 is 24.4 Å². The van der Waals surface area contributed by atoms with Crippen LogP contribution >= 0.6 is 23.5 Å². The van der Waals surface area contributed by atoms with Crippen molar-refractivity contribution in [3.63, 3.8) is 0 Å². The number of nitrogens with one attached hydrogen (secondary N) is 4. The molecule has 2 atom stereocenters. The van der Waals surface area contributed by atoms with E-state index >= 15 is 0 Å². The van der Waals surface area contributed by atoms with E-state index < -0.39 is 56.2 Å². The largest absolute Gasteiger partial charge is 0.448 e. The van der Waals surface area contributed by atoms with Crippen molar-refractivity contribution in [3.05, 3.63) is 119 Å². The Bertz CT molecular complexity index is 2260. The van der Waals surface area contributed by atoms with Crippen LogP contribution in [0.2, 0.25) is 0 Å². The molecule has 18 nitrogen and oxygen atoms in total. The zero-order chi connectivity index (χ0) is 52.0. The van der Waals surface area contributed by atoms with Gasteiger partial charge in [0, 0.05) is 83.8 Å². The third-order valence-electron chi connectivity index (χ3n) is 12.2. The van der Waals surface area contributed by atoms with Gasteiger partial charge in [-0.05, 0) is 110 Å². The second-order valence-corrected chi connectivity index (χ2v) is 20.4. The van der Waals surface area contributed by atoms with Crippen LogP contribution in [0.3, 0.4) is 0 Å². The van der Waals surface area contributed by atoms with Gasteiger partial charge in [0.15, 0.2) is 0 Å². The SMILES string of the molecule is CC(CSCCOC(=O)Nc1ccc(Cc2ccc(NC(=O)OCC(CO)(CO)COC(=O)Nc3ccc(Cc4ccc(NC(=O)OCCSCC(C)N5CCCC5=O)cc4)cc3)cc2)cc1)N1CCCC1=O. The fourth-order valence-corrected chi connectivity index (χ4v) is 9.74. The first-order valence-corrected chi connectivity index (χ1v) is 26.7. The van der Waals surface area contributed by atoms with Crippen LogP contribution in [0.4, 0.5) is 41.9 Å². The lowest BCUT2D eigenvalue weighted by atomic mass is 9.92. The lowest BCUT2D eigenvalue weighted by Gasteiger charge is -2.28. The summed E-state index contributed by atoms with van der Waals surface area (Å²) in [6.07, 6.45) is 1.50. The van der Waals surface area contributed by atoms with E-state index in [1.54, 1.807) is 72.1 Å². The molecule has 0 spiro atoms. The molecule has 6 N–H and O–H groups in total. The number of hydrogen-bond donors (Lipinski definition) is 6. The third-order valence-corrected chi connectivity index (χ3v) is 14.6. The summed E-state index contributed by atoms with van der Waals surface area (Å²) in [5.41, 5.74) is 4.54. The molecule has 392 valence electrons. The fourth-order valence-electron chi connectivity index (χ4n) is 7.97. The van der Waals surface area contributed by atoms with E-state index in [0.717, 1.165) is 59.7 Å². The van der Waals surface area contributed by atoms with Gasteiger partial charge in [0.2, 0.25) is 11.8 Å². The highest BCUT2D eigenvalue weighted by Crippen LogP contribution is 2.23. The normalized spacial score (nSPS) is 14.3. The van der Waals surface area contributed by atoms with Gasteiger partial charge < -0.3 is 39.0 Å². The minimum Gasteiger partial charge on any atom is -0.448 e. The maximum Gasteiger partial charge on any atom is 0.411 e. The Labute approximate surface area is 434 Å². The van der Waals surface area contributed by atoms with Gasteiger partial charge in [0.05, 0.1) is 18.6 Å². The zero-order valence-corrected chi connectivity index (χ0v) is 42.9. The van der Waals surface area contributed by atoms with Gasteiger partial charge in [0.25, 0.3) is 0 Å². The Hall–Kier alpha value is -6.48. The van der Waals surface area contributed by atoms with Crippen molar-refractivity contribution in [2.75, 3.05) is 97.0 Å². The van der Waals surface area contributed by atoms with Gasteiger partial charge in [-0.3, -0.25) is 30.9 Å². The van der Waals surface area contributed by atoms with Crippen LogP contribution < -0.4 is 21.3 Å². The molecule has 2 unspecified atom stereocenters. The summed E-state index contributed by atoms with van der Waals surface area (Å²) in [5, 5.41) is 31.0. The second kappa shape index (κ2) is 28.7. The van der Waals surface area contributed by atoms with E-state index in [9.17, 15) is 39.0 Å². The smallest absolute Gasteiger partial charge is 0.411 e. The molecular formula is C53H66N6O12S2. The summed E-state index contributed by atoms with van der Waals surface area (Å²) in [4.78, 5) is 77.7. The second-order valence-electron chi connectivity index (χ2n) is 18.1. The number of carbonyl (C=O) groups is 6. The predicted octanol–water partition coefficient (Wildman–Crippen LogP) is 8.22. The van der Waals surface area contributed by atoms with Crippen LogP contribution in [-0.4, -0.2) is 144 Å². The molecule has 0 aliphatic carbocycles. The van der Waals surface area contributed by atoms with E-state index in [2.05, 4.69) is 21.3 Å². The summed E-state index contributed by atoms with van der Waals surface area (Å²) in [5.74, 6) is 3.26. The molecule has 0 saturated carbocycles. The van der Waals surface area contributed by atoms with Crippen LogP contribution in [0, 0.1) is 5.41 Å². The molecule has 6 amide bonds. The maximum atomic E-state index is 12.7. The zero-order valence-electron chi connectivity index (χ0n) is 41.3. The van der Waals surface area contributed by atoms with Gasteiger partial charge in [-0.15, -0.1) is 0 Å². The van der Waals surface area contributed by atoms with Crippen LogP contribution in [0.5, 0.6) is 0 Å². The topological polar surface area (TPSA) is 234 Å². The molecule has 6 rings (SSSR count). The van der Waals surface area contributed by atoms with Crippen LogP contribution in [0.15, 0.2) is 97.1 Å². The van der Waals surface area contributed by atoms with E-state index in [1.165, 1.54) is 0 Å². The van der Waals surface area contributed by atoms with Crippen molar-refractivity contribution >= 4 is 82.5 Å². The molecule has 4 aromatic rings. The number of aliphatic hydroxyl groups is 2. The number of rotatable bonds is 26. The molecule has 2 aliphatic heterocycles. The minimum absolute atomic E-state index is 0.162. The van der Waals surface area contributed by atoms with Gasteiger partial charge in [-0.1, -0.05) is 48.5 Å². The number of hydrogen-bond acceptors (Lipinski definition) is 14. The number of benzene rings is 4. The standard InChI is InChI=1S/C53H66N6O12S2/c1-37(58-23-3-5-47(58)62)31-72-27-25-68-49(64)54-43-15-7-39(8-16-43)29-41-11-19-45(20-12-41)56-51(66)70-35-53(33-60,34-61)36-71-52(67)57-46-21-13-42(14-22-46)30-40-9-17-44(18-10-40)55-50(65)69-26-28-73-32-38(2)59-24-4-6-48(59)63/h7-22,37-38,60-61H,3-6,23-36H2,1-2H3,(H,54,64)(H,55,65)(H,56,66)(H,57,67). The minimum atomic E-state index is -1.47. The first kappa shape index (κ1) is 55.8. The molecule has 20 heteroatoms. The quantitative estimate of drug-likeness (QED) is 0.0257. The summed E-state index contributed by atoms with van der Waals surface area (Å²) >= 11 is 3.30. The van der Waals surface area contributed by atoms with E-state index in [4.69, 9.17) is 18.9 Å². The van der Waals surface area contributed by atoms with Crippen molar-refractivity contribution in [1.29, 1.82) is 0 Å². The van der Waals surface area contributed by atoms with Crippen molar-refractivity contribution in [1.82, 2.24) is 9.80 Å². The van der Waals surface area contributed by atoms with Crippen molar-refractivity contribution in [2.24, 2.45) is 5.41 Å². The molecule has 2 saturated heterocycles. The lowest BCUT2D eigenvalue weighted by Crippen LogP contribution is -2.42. The lowest BCUT2D eigenvalue weighted by molar-refractivity contribution is -0.129. The number of ether oxygens (including phenoxy) is 4. The number of amides is 6. The monoisotopic (exact) mass is 1040 g/mol. The van der Waals surface area contributed by atoms with E-state index in [0.29, 0.717) is 59.9 Å². The highest BCUT2D eigenvalue weighted by molar-refractivity contribution is 7.99. The van der Waals surface area contributed by atoms with Crippen LogP contribution in [-0.2, 0) is 41.4 Å². The fraction of sp³-hybridized carbons (Fsp3) is 0.434. The van der Waals surface area contributed by atoms with E-state index in [-0.39, 0.29) is 37.1 Å². The molecule has 0 aromatic heterocycles. The third kappa shape index (κ3) is 18.5. The summed E-state index contributed by atoms with van der Waals surface area (Å²) in [7, 11) is 0. The van der Waals surface area contributed by atoms with Crippen molar-refractivity contribution < 1.29 is 57.9 Å². The molecule has 0 radical (unpaired) electrons. The number of aliphatic hydroxyl groups excluding tert-OH is 2. The summed E-state index contributed by atoms with van der Waals surface area (Å²) < 4.78 is 21.3. The predicted molar refractivity (Wildman–Crippen MR) is 283 cm³/mol. The molecular weight excluding hydrogens is 977 g/mol. The Morgan fingerprint density at radius 3 is 1.10 bits per heavy atom. The first-order valence-electron chi connectivity index (χ1n) is 24.4. The van der Waals surface area contributed by atoms with Crippen molar-refractivity contribution in [2.45, 2.75) is 64.5 Å². The molecule has 2 fully saturated rings. The number of nitrogens with zero attached hydrogens (tertiary/aromatic N) is 2. The Kier molecular flexibility index (Phi) is 21.9. The van der Waals surface area contributed by atoms with Crippen molar-refractivity contribution in [3.8, 4) is 0 Å². The number of thioether (sulfide) groups is 2. The Balaban J connectivity index is 0.830. The average molecular weight is 1040 g/mol. The molecule has 73 heavy (non-hydrogen) atoms. The van der Waals surface area contributed by atoms with Gasteiger partial charge in [-0.25, -0.2) is 19.2 Å². The Morgan fingerprint density at radius 1 is 0.521 bits per heavy atom. The molecule has 2 aliphatic rings. The van der Waals surface area contributed by atoms with E-state index in [1.807, 2.05) is 72.2 Å². The number of likely N-dealkylation sites (tertiary alicyclic amines) is 2. The highest BCUT2D eigenvalue weighted by atomic mass is 32.2. The van der Waals surface area contributed by atoms with Gasteiger partial charge in [-0.2, -0.15) is 23.5 Å². The molecule has 0 bridgehead atoms. The Morgan fingerprint density at radius 2 is 0.822 bits per heavy atom. The number of anilines is 4. The first-order chi connectivity index (χ1) is 35.3. The molecule has 4 aromatic carbocycles. The van der Waals surface area contributed by atoms with Crippen LogP contribution in [0.25, 0.3) is 0 Å². The summed E-state index contributed by atoms with van der Waals surface area (Å²) in [6.45, 7) is 4.06. The van der Waals surface area contributed by atoms with Gasteiger partial charge in [0.1, 0.15) is 26.4 Å². The average Bonchev–Trinajstić information content (AvgIpc) is 4.03.